The Kier molecular flexibility index (Phi) is 5.86. The van der Waals surface area contributed by atoms with E-state index in [2.05, 4.69) is 0 Å². The van der Waals surface area contributed by atoms with Crippen LogP contribution in [0.3, 0.4) is 0 Å². The molecule has 1 aliphatic heterocycles. The quantitative estimate of drug-likeness (QED) is 0.701. The number of fused-ring (bicyclic) bond motifs is 1. The smallest absolute Gasteiger partial charge is 0.314 e. The van der Waals surface area contributed by atoms with Crippen LogP contribution in [0.5, 0.6) is 11.5 Å². The van der Waals surface area contributed by atoms with E-state index in [1.807, 2.05) is 0 Å². The van der Waals surface area contributed by atoms with Crippen molar-refractivity contribution in [1.82, 2.24) is 0 Å². The number of carbonyl (C=O) groups is 2. The predicted molar refractivity (Wildman–Crippen MR) is 98.1 cm³/mol. The Balaban J connectivity index is 2.09. The van der Waals surface area contributed by atoms with Crippen LogP contribution in [-0.2, 0) is 19.1 Å². The lowest BCUT2D eigenvalue weighted by Gasteiger charge is -2.24. The van der Waals surface area contributed by atoms with E-state index >= 15 is 0 Å². The number of rotatable bonds is 6. The monoisotopic (exact) mass is 390 g/mol. The summed E-state index contributed by atoms with van der Waals surface area (Å²) in [4.78, 5) is 25.5. The van der Waals surface area contributed by atoms with Gasteiger partial charge in [-0.05, 0) is 42.3 Å². The number of hydrogen-bond donors (Lipinski definition) is 0. The van der Waals surface area contributed by atoms with Crippen LogP contribution in [0.2, 0.25) is 5.02 Å². The van der Waals surface area contributed by atoms with Crippen molar-refractivity contribution in [2.45, 2.75) is 18.8 Å². The van der Waals surface area contributed by atoms with Crippen molar-refractivity contribution in [2.24, 2.45) is 0 Å². The fourth-order valence-electron chi connectivity index (χ4n) is 3.06. The third-order valence-electron chi connectivity index (χ3n) is 4.31. The zero-order valence-electron chi connectivity index (χ0n) is 14.9. The van der Waals surface area contributed by atoms with Crippen molar-refractivity contribution in [3.05, 3.63) is 58.6 Å². The first-order valence-corrected chi connectivity index (χ1v) is 8.82. The molecule has 0 saturated heterocycles. The molecular formula is C20H19ClO6. The molecule has 6 nitrogen and oxygen atoms in total. The van der Waals surface area contributed by atoms with Gasteiger partial charge in [-0.25, -0.2) is 0 Å². The maximum Gasteiger partial charge on any atom is 0.314 e. The molecule has 0 amide bonds. The van der Waals surface area contributed by atoms with E-state index in [0.29, 0.717) is 27.6 Å². The lowest BCUT2D eigenvalue weighted by atomic mass is 9.81. The van der Waals surface area contributed by atoms with Crippen LogP contribution in [0.25, 0.3) is 0 Å². The molecule has 0 aliphatic carbocycles. The number of hydrogen-bond acceptors (Lipinski definition) is 6. The molecule has 2 atom stereocenters. The molecule has 0 bridgehead atoms. The molecule has 2 aromatic carbocycles. The van der Waals surface area contributed by atoms with E-state index in [0.717, 1.165) is 0 Å². The zero-order chi connectivity index (χ0) is 19.4. The molecular weight excluding hydrogens is 372 g/mol. The standard InChI is InChI=1S/C20H19ClO6/c1-3-25-20(23)18(13-6-9-15-16(10-13)27-11-26-15)17(19(22)24-2)12-4-7-14(21)8-5-12/h4-10,17-18H,3,11H2,1-2H3. The Morgan fingerprint density at radius 2 is 1.63 bits per heavy atom. The Bertz CT molecular complexity index is 833. The maximum absolute atomic E-state index is 12.8. The van der Waals surface area contributed by atoms with Gasteiger partial charge in [-0.2, -0.15) is 0 Å². The highest BCUT2D eigenvalue weighted by Gasteiger charge is 2.39. The summed E-state index contributed by atoms with van der Waals surface area (Å²) in [5.41, 5.74) is 1.17. The molecule has 0 radical (unpaired) electrons. The number of carbonyl (C=O) groups excluding carboxylic acids is 2. The molecule has 2 aromatic rings. The average Bonchev–Trinajstić information content (AvgIpc) is 3.14. The summed E-state index contributed by atoms with van der Waals surface area (Å²) in [6.07, 6.45) is 0. The average molecular weight is 391 g/mol. The third-order valence-corrected chi connectivity index (χ3v) is 4.57. The van der Waals surface area contributed by atoms with Gasteiger partial charge in [0.15, 0.2) is 11.5 Å². The Hall–Kier alpha value is -2.73. The van der Waals surface area contributed by atoms with Crippen LogP contribution in [0.1, 0.15) is 29.9 Å². The largest absolute Gasteiger partial charge is 0.469 e. The molecule has 3 rings (SSSR count). The molecule has 142 valence electrons. The number of methoxy groups -OCH3 is 1. The maximum atomic E-state index is 12.8. The van der Waals surface area contributed by atoms with Gasteiger partial charge in [0, 0.05) is 5.02 Å². The summed E-state index contributed by atoms with van der Waals surface area (Å²) in [6.45, 7) is 2.01. The second kappa shape index (κ2) is 8.31. The van der Waals surface area contributed by atoms with Gasteiger partial charge < -0.3 is 18.9 Å². The van der Waals surface area contributed by atoms with Crippen LogP contribution in [0, 0.1) is 0 Å². The minimum atomic E-state index is -0.909. The van der Waals surface area contributed by atoms with Gasteiger partial charge >= 0.3 is 11.9 Å². The SMILES string of the molecule is CCOC(=O)C(c1ccc2c(c1)OCO2)C(C(=O)OC)c1ccc(Cl)cc1. The molecule has 0 spiro atoms. The first kappa shape index (κ1) is 19.0. The third kappa shape index (κ3) is 4.01. The van der Waals surface area contributed by atoms with Crippen molar-refractivity contribution in [1.29, 1.82) is 0 Å². The van der Waals surface area contributed by atoms with Crippen LogP contribution in [0.4, 0.5) is 0 Å². The van der Waals surface area contributed by atoms with E-state index in [1.165, 1.54) is 7.11 Å². The molecule has 27 heavy (non-hydrogen) atoms. The van der Waals surface area contributed by atoms with Gasteiger partial charge in [0.05, 0.1) is 25.6 Å². The van der Waals surface area contributed by atoms with E-state index in [4.69, 9.17) is 30.5 Å². The van der Waals surface area contributed by atoms with Crippen molar-refractivity contribution < 1.29 is 28.5 Å². The number of esters is 2. The van der Waals surface area contributed by atoms with E-state index in [1.54, 1.807) is 49.4 Å². The minimum Gasteiger partial charge on any atom is -0.469 e. The van der Waals surface area contributed by atoms with Crippen LogP contribution in [0.15, 0.2) is 42.5 Å². The van der Waals surface area contributed by atoms with Gasteiger partial charge in [0.1, 0.15) is 0 Å². The zero-order valence-corrected chi connectivity index (χ0v) is 15.7. The van der Waals surface area contributed by atoms with Crippen LogP contribution < -0.4 is 9.47 Å². The summed E-state index contributed by atoms with van der Waals surface area (Å²) >= 11 is 5.96. The van der Waals surface area contributed by atoms with Gasteiger partial charge in [0.2, 0.25) is 6.79 Å². The second-order valence-electron chi connectivity index (χ2n) is 5.89. The van der Waals surface area contributed by atoms with Crippen molar-refractivity contribution in [2.75, 3.05) is 20.5 Å². The lowest BCUT2D eigenvalue weighted by molar-refractivity contribution is -0.152. The Morgan fingerprint density at radius 1 is 1.00 bits per heavy atom. The normalized spacial score (nSPS) is 14.3. The predicted octanol–water partition coefficient (Wildman–Crippen LogP) is 3.67. The first-order valence-electron chi connectivity index (χ1n) is 8.44. The van der Waals surface area contributed by atoms with Crippen molar-refractivity contribution >= 4 is 23.5 Å². The molecule has 0 N–H and O–H groups in total. The molecule has 1 heterocycles. The van der Waals surface area contributed by atoms with Crippen LogP contribution >= 0.6 is 11.6 Å². The highest BCUT2D eigenvalue weighted by atomic mass is 35.5. The van der Waals surface area contributed by atoms with E-state index in [-0.39, 0.29) is 13.4 Å². The molecule has 0 fully saturated rings. The fourth-order valence-corrected chi connectivity index (χ4v) is 3.19. The lowest BCUT2D eigenvalue weighted by Crippen LogP contribution is -2.29. The van der Waals surface area contributed by atoms with E-state index in [9.17, 15) is 9.59 Å². The summed E-state index contributed by atoms with van der Waals surface area (Å²) < 4.78 is 21.0. The highest BCUT2D eigenvalue weighted by molar-refractivity contribution is 6.30. The first-order chi connectivity index (χ1) is 13.0. The summed E-state index contributed by atoms with van der Waals surface area (Å²) in [5.74, 6) is -1.78. The van der Waals surface area contributed by atoms with Gasteiger partial charge in [0.25, 0.3) is 0 Å². The molecule has 7 heteroatoms. The highest BCUT2D eigenvalue weighted by Crippen LogP contribution is 2.40. The van der Waals surface area contributed by atoms with E-state index < -0.39 is 23.8 Å². The minimum absolute atomic E-state index is 0.112. The van der Waals surface area contributed by atoms with Crippen molar-refractivity contribution in [3.8, 4) is 11.5 Å². The van der Waals surface area contributed by atoms with Gasteiger partial charge in [-0.3, -0.25) is 9.59 Å². The number of ether oxygens (including phenoxy) is 4. The number of benzene rings is 2. The molecule has 0 saturated carbocycles. The Labute approximate surface area is 161 Å². The number of halogens is 1. The van der Waals surface area contributed by atoms with Crippen LogP contribution in [-0.4, -0.2) is 32.4 Å². The molecule has 0 aromatic heterocycles. The Morgan fingerprint density at radius 3 is 2.30 bits per heavy atom. The fraction of sp³-hybridized carbons (Fsp3) is 0.300. The summed E-state index contributed by atoms with van der Waals surface area (Å²) in [5, 5.41) is 0.526. The summed E-state index contributed by atoms with van der Waals surface area (Å²) in [7, 11) is 1.28. The second-order valence-corrected chi connectivity index (χ2v) is 6.33. The van der Waals surface area contributed by atoms with Gasteiger partial charge in [-0.15, -0.1) is 0 Å². The molecule has 1 aliphatic rings. The topological polar surface area (TPSA) is 71.1 Å². The van der Waals surface area contributed by atoms with Gasteiger partial charge in [-0.1, -0.05) is 29.8 Å². The summed E-state index contributed by atoms with van der Waals surface area (Å²) in [6, 6.07) is 11.8. The van der Waals surface area contributed by atoms with Crippen molar-refractivity contribution in [3.63, 3.8) is 0 Å². The molecule has 2 unspecified atom stereocenters.